The van der Waals surface area contributed by atoms with E-state index in [0.717, 1.165) is 43.4 Å². The lowest BCUT2D eigenvalue weighted by atomic mass is 10.1. The Hall–Kier alpha value is -2.96. The number of hydrogen-bond acceptors (Lipinski definition) is 5. The van der Waals surface area contributed by atoms with Gasteiger partial charge in [0.1, 0.15) is 0 Å². The number of carbonyl (C=O) groups excluding carboxylic acids is 1. The van der Waals surface area contributed by atoms with Gasteiger partial charge in [0.25, 0.3) is 5.89 Å². The monoisotopic (exact) mass is 365 g/mol. The van der Waals surface area contributed by atoms with Crippen molar-refractivity contribution >= 4 is 5.91 Å². The third-order valence-electron chi connectivity index (χ3n) is 4.95. The van der Waals surface area contributed by atoms with Crippen LogP contribution in [0.5, 0.6) is 0 Å². The third kappa shape index (κ3) is 3.92. The fraction of sp³-hybridized carbons (Fsp3) is 0.400. The van der Waals surface area contributed by atoms with Crippen LogP contribution < -0.4 is 0 Å². The van der Waals surface area contributed by atoms with E-state index in [1.54, 1.807) is 10.9 Å². The quantitative estimate of drug-likeness (QED) is 0.710. The molecule has 0 spiro atoms. The average molecular weight is 365 g/mol. The van der Waals surface area contributed by atoms with Gasteiger partial charge in [-0.1, -0.05) is 36.2 Å². The molecule has 0 saturated carbocycles. The van der Waals surface area contributed by atoms with Gasteiger partial charge >= 0.3 is 0 Å². The van der Waals surface area contributed by atoms with E-state index >= 15 is 0 Å². The molecule has 1 aliphatic rings. The Morgan fingerprint density at radius 3 is 2.85 bits per heavy atom. The molecule has 1 aliphatic heterocycles. The van der Waals surface area contributed by atoms with Crippen LogP contribution in [0.15, 0.2) is 47.2 Å². The molecule has 1 aromatic carbocycles. The molecule has 1 amide bonds. The van der Waals surface area contributed by atoms with E-state index in [1.165, 1.54) is 0 Å². The summed E-state index contributed by atoms with van der Waals surface area (Å²) >= 11 is 0. The fourth-order valence-corrected chi connectivity index (χ4v) is 3.58. The van der Waals surface area contributed by atoms with E-state index in [2.05, 4.69) is 15.2 Å². The van der Waals surface area contributed by atoms with Crippen molar-refractivity contribution in [1.29, 1.82) is 0 Å². The van der Waals surface area contributed by atoms with Crippen LogP contribution in [-0.4, -0.2) is 37.3 Å². The number of amides is 1. The van der Waals surface area contributed by atoms with Crippen molar-refractivity contribution in [1.82, 2.24) is 24.8 Å². The summed E-state index contributed by atoms with van der Waals surface area (Å²) in [5.41, 5.74) is 1.81. The molecule has 27 heavy (non-hydrogen) atoms. The number of carbonyl (C=O) groups is 1. The number of benzene rings is 1. The van der Waals surface area contributed by atoms with Crippen molar-refractivity contribution in [2.24, 2.45) is 7.05 Å². The smallest absolute Gasteiger partial charge is 0.257 e. The second kappa shape index (κ2) is 7.73. The molecule has 0 radical (unpaired) electrons. The SMILES string of the molecule is Cn1cc(CC(=O)N2CCCCC[C@H]2c2noc(-c3ccccc3)n2)cn1. The highest BCUT2D eigenvalue weighted by molar-refractivity contribution is 5.79. The predicted octanol–water partition coefficient (Wildman–Crippen LogP) is 3.16. The molecule has 3 heterocycles. The average Bonchev–Trinajstić information content (AvgIpc) is 3.25. The summed E-state index contributed by atoms with van der Waals surface area (Å²) in [7, 11) is 1.85. The molecular weight excluding hydrogens is 342 g/mol. The van der Waals surface area contributed by atoms with E-state index in [9.17, 15) is 4.79 Å². The number of nitrogens with zero attached hydrogens (tertiary/aromatic N) is 5. The highest BCUT2D eigenvalue weighted by Gasteiger charge is 2.30. The van der Waals surface area contributed by atoms with E-state index in [1.807, 2.05) is 48.5 Å². The van der Waals surface area contributed by atoms with Crippen LogP contribution in [0.2, 0.25) is 0 Å². The van der Waals surface area contributed by atoms with Crippen LogP contribution in [0.3, 0.4) is 0 Å². The summed E-state index contributed by atoms with van der Waals surface area (Å²) in [4.78, 5) is 19.5. The first-order chi connectivity index (χ1) is 13.2. The maximum absolute atomic E-state index is 13.0. The number of aromatic nitrogens is 4. The van der Waals surface area contributed by atoms with Crippen molar-refractivity contribution < 1.29 is 9.32 Å². The first-order valence-electron chi connectivity index (χ1n) is 9.37. The molecule has 7 heteroatoms. The van der Waals surface area contributed by atoms with Gasteiger partial charge in [0.2, 0.25) is 5.91 Å². The second-order valence-corrected chi connectivity index (χ2v) is 6.98. The van der Waals surface area contributed by atoms with Crippen LogP contribution >= 0.6 is 0 Å². The minimum atomic E-state index is -0.141. The first-order valence-corrected chi connectivity index (χ1v) is 9.37. The summed E-state index contributed by atoms with van der Waals surface area (Å²) in [6, 6.07) is 9.57. The van der Waals surface area contributed by atoms with E-state index in [-0.39, 0.29) is 11.9 Å². The van der Waals surface area contributed by atoms with Gasteiger partial charge in [0.05, 0.1) is 18.7 Å². The number of rotatable bonds is 4. The summed E-state index contributed by atoms with van der Waals surface area (Å²) in [5.74, 6) is 1.17. The Morgan fingerprint density at radius 1 is 1.22 bits per heavy atom. The molecule has 2 aromatic heterocycles. The Kier molecular flexibility index (Phi) is 5.00. The van der Waals surface area contributed by atoms with Gasteiger partial charge in [0.15, 0.2) is 5.82 Å². The maximum atomic E-state index is 13.0. The van der Waals surface area contributed by atoms with Crippen LogP contribution in [0, 0.1) is 0 Å². The lowest BCUT2D eigenvalue weighted by Crippen LogP contribution is -2.36. The largest absolute Gasteiger partial charge is 0.334 e. The van der Waals surface area contributed by atoms with Crippen LogP contribution in [0.4, 0.5) is 0 Å². The van der Waals surface area contributed by atoms with Crippen LogP contribution in [0.25, 0.3) is 11.5 Å². The van der Waals surface area contributed by atoms with Crippen molar-refractivity contribution in [2.45, 2.75) is 38.1 Å². The second-order valence-electron chi connectivity index (χ2n) is 6.98. The van der Waals surface area contributed by atoms with Crippen molar-refractivity contribution in [2.75, 3.05) is 6.54 Å². The Bertz CT molecular complexity index is 902. The molecule has 3 aromatic rings. The Morgan fingerprint density at radius 2 is 2.07 bits per heavy atom. The molecule has 0 unspecified atom stereocenters. The molecule has 140 valence electrons. The molecule has 4 rings (SSSR count). The summed E-state index contributed by atoms with van der Waals surface area (Å²) in [6.07, 6.45) is 7.98. The normalized spacial score (nSPS) is 17.7. The van der Waals surface area contributed by atoms with Gasteiger partial charge in [0, 0.05) is 25.4 Å². The number of hydrogen-bond donors (Lipinski definition) is 0. The first kappa shape index (κ1) is 17.5. The minimum absolute atomic E-state index is 0.0842. The standard InChI is InChI=1S/C20H23N5O2/c1-24-14-15(13-21-24)12-18(26)25-11-7-3-6-10-17(25)19-22-20(27-23-19)16-8-4-2-5-9-16/h2,4-5,8-9,13-14,17H,3,6-7,10-12H2,1H3/t17-/m0/s1. The van der Waals surface area contributed by atoms with E-state index in [4.69, 9.17) is 4.52 Å². The minimum Gasteiger partial charge on any atom is -0.334 e. The van der Waals surface area contributed by atoms with Crippen LogP contribution in [-0.2, 0) is 18.3 Å². The summed E-state index contributed by atoms with van der Waals surface area (Å²) in [5, 5.41) is 8.36. The molecule has 0 bridgehead atoms. The maximum Gasteiger partial charge on any atom is 0.257 e. The lowest BCUT2D eigenvalue weighted by Gasteiger charge is -2.27. The lowest BCUT2D eigenvalue weighted by molar-refractivity contribution is -0.133. The van der Waals surface area contributed by atoms with Gasteiger partial charge in [-0.15, -0.1) is 0 Å². The van der Waals surface area contributed by atoms with Crippen molar-refractivity contribution in [3.63, 3.8) is 0 Å². The zero-order valence-corrected chi connectivity index (χ0v) is 15.4. The zero-order valence-electron chi connectivity index (χ0n) is 15.4. The number of aryl methyl sites for hydroxylation is 1. The van der Waals surface area contributed by atoms with Crippen molar-refractivity contribution in [3.05, 3.63) is 54.1 Å². The fourth-order valence-electron chi connectivity index (χ4n) is 3.58. The molecular formula is C20H23N5O2. The topological polar surface area (TPSA) is 77.0 Å². The van der Waals surface area contributed by atoms with Crippen LogP contribution in [0.1, 0.15) is 43.1 Å². The van der Waals surface area contributed by atoms with Gasteiger partial charge in [-0.05, 0) is 30.5 Å². The molecule has 0 N–H and O–H groups in total. The Balaban J connectivity index is 1.57. The molecule has 0 aliphatic carbocycles. The van der Waals surface area contributed by atoms with E-state index in [0.29, 0.717) is 18.1 Å². The van der Waals surface area contributed by atoms with Gasteiger partial charge in [-0.3, -0.25) is 9.48 Å². The molecule has 1 fully saturated rings. The van der Waals surface area contributed by atoms with Gasteiger partial charge in [-0.25, -0.2) is 0 Å². The molecule has 1 saturated heterocycles. The summed E-state index contributed by atoms with van der Waals surface area (Å²) in [6.45, 7) is 0.721. The van der Waals surface area contributed by atoms with Gasteiger partial charge < -0.3 is 9.42 Å². The highest BCUT2D eigenvalue weighted by atomic mass is 16.5. The predicted molar refractivity (Wildman–Crippen MR) is 99.6 cm³/mol. The third-order valence-corrected chi connectivity index (χ3v) is 4.95. The number of likely N-dealkylation sites (tertiary alicyclic amines) is 1. The highest BCUT2D eigenvalue weighted by Crippen LogP contribution is 2.30. The zero-order chi connectivity index (χ0) is 18.6. The van der Waals surface area contributed by atoms with Crippen molar-refractivity contribution in [3.8, 4) is 11.5 Å². The summed E-state index contributed by atoms with van der Waals surface area (Å²) < 4.78 is 7.20. The molecule has 1 atom stereocenters. The van der Waals surface area contributed by atoms with E-state index < -0.39 is 0 Å². The Labute approximate surface area is 158 Å². The molecule has 7 nitrogen and oxygen atoms in total. The van der Waals surface area contributed by atoms with Gasteiger partial charge in [-0.2, -0.15) is 10.1 Å².